The number of hydrogen-bond acceptors (Lipinski definition) is 4. The SMILES string of the molecule is CCNC(=NCCc1ccccn1)NCCOc1ncc(C(F)(F)F)cc1Cl.I. The number of alkyl halides is 3. The lowest BCUT2D eigenvalue weighted by atomic mass is 10.3. The number of pyridine rings is 2. The van der Waals surface area contributed by atoms with Gasteiger partial charge in [0.05, 0.1) is 12.1 Å². The molecule has 0 saturated heterocycles. The molecule has 2 heterocycles. The Morgan fingerprint density at radius 2 is 2.03 bits per heavy atom. The molecule has 0 amide bonds. The van der Waals surface area contributed by atoms with Crippen molar-refractivity contribution in [3.63, 3.8) is 0 Å². The van der Waals surface area contributed by atoms with Crippen molar-refractivity contribution in [3.8, 4) is 5.88 Å². The maximum atomic E-state index is 12.6. The summed E-state index contributed by atoms with van der Waals surface area (Å²) < 4.78 is 43.2. The van der Waals surface area contributed by atoms with E-state index in [4.69, 9.17) is 16.3 Å². The highest BCUT2D eigenvalue weighted by molar-refractivity contribution is 14.0. The second kappa shape index (κ2) is 12.7. The number of ether oxygens (including phenoxy) is 1. The first kappa shape index (κ1) is 25.2. The van der Waals surface area contributed by atoms with E-state index in [9.17, 15) is 13.2 Å². The molecule has 0 saturated carbocycles. The van der Waals surface area contributed by atoms with Crippen molar-refractivity contribution in [3.05, 3.63) is 52.9 Å². The minimum Gasteiger partial charge on any atom is -0.475 e. The third kappa shape index (κ3) is 9.03. The van der Waals surface area contributed by atoms with Crippen LogP contribution in [0.4, 0.5) is 13.2 Å². The van der Waals surface area contributed by atoms with Gasteiger partial charge < -0.3 is 15.4 Å². The second-order valence-corrected chi connectivity index (χ2v) is 6.02. The smallest absolute Gasteiger partial charge is 0.417 e. The van der Waals surface area contributed by atoms with Gasteiger partial charge in [0, 0.05) is 37.6 Å². The topological polar surface area (TPSA) is 71.4 Å². The van der Waals surface area contributed by atoms with Crippen molar-refractivity contribution >= 4 is 41.5 Å². The number of halogens is 5. The Hall–Kier alpha value is -1.82. The first-order chi connectivity index (χ1) is 13.4. The predicted molar refractivity (Wildman–Crippen MR) is 117 cm³/mol. The molecule has 0 atom stereocenters. The van der Waals surface area contributed by atoms with Gasteiger partial charge in [-0.25, -0.2) is 4.98 Å². The molecule has 0 bridgehead atoms. The summed E-state index contributed by atoms with van der Waals surface area (Å²) in [6.45, 7) is 3.71. The zero-order valence-corrected chi connectivity index (χ0v) is 18.8. The molecule has 0 aromatic carbocycles. The number of hydrogen-bond donors (Lipinski definition) is 2. The van der Waals surface area contributed by atoms with Crippen molar-refractivity contribution in [1.29, 1.82) is 0 Å². The summed E-state index contributed by atoms with van der Waals surface area (Å²) >= 11 is 5.80. The van der Waals surface area contributed by atoms with E-state index < -0.39 is 11.7 Å². The van der Waals surface area contributed by atoms with Crippen LogP contribution in [0, 0.1) is 0 Å². The van der Waals surface area contributed by atoms with E-state index in [0.717, 1.165) is 11.8 Å². The van der Waals surface area contributed by atoms with Gasteiger partial charge in [-0.2, -0.15) is 13.2 Å². The standard InChI is InChI=1S/C18H21ClF3N5O.HI/c1-2-23-17(25-8-6-14-5-3-4-7-24-14)26-9-10-28-16-15(19)11-13(12-27-16)18(20,21)22;/h3-5,7,11-12H,2,6,8-10H2,1H3,(H2,23,25,26);1H. The summed E-state index contributed by atoms with van der Waals surface area (Å²) in [5.41, 5.74) is 0.0332. The van der Waals surface area contributed by atoms with Gasteiger partial charge in [-0.3, -0.25) is 9.98 Å². The summed E-state index contributed by atoms with van der Waals surface area (Å²) in [5, 5.41) is 5.99. The van der Waals surface area contributed by atoms with Crippen LogP contribution in [-0.2, 0) is 12.6 Å². The summed E-state index contributed by atoms with van der Waals surface area (Å²) in [6.07, 6.45) is -1.36. The Balaban J connectivity index is 0.00000420. The van der Waals surface area contributed by atoms with Crippen LogP contribution in [0.5, 0.6) is 5.88 Å². The molecule has 0 aliphatic carbocycles. The van der Waals surface area contributed by atoms with Gasteiger partial charge in [0.2, 0.25) is 5.88 Å². The van der Waals surface area contributed by atoms with Gasteiger partial charge in [0.15, 0.2) is 5.96 Å². The van der Waals surface area contributed by atoms with Gasteiger partial charge in [-0.1, -0.05) is 17.7 Å². The Morgan fingerprint density at radius 3 is 2.66 bits per heavy atom. The second-order valence-electron chi connectivity index (χ2n) is 5.62. The van der Waals surface area contributed by atoms with Crippen LogP contribution >= 0.6 is 35.6 Å². The highest BCUT2D eigenvalue weighted by Gasteiger charge is 2.31. The molecule has 29 heavy (non-hydrogen) atoms. The number of nitrogens with zero attached hydrogens (tertiary/aromatic N) is 3. The normalized spacial score (nSPS) is 11.6. The number of aromatic nitrogens is 2. The van der Waals surface area contributed by atoms with Crippen LogP contribution in [-0.4, -0.2) is 42.2 Å². The quantitative estimate of drug-likeness (QED) is 0.228. The number of rotatable bonds is 8. The fourth-order valence-electron chi connectivity index (χ4n) is 2.17. The molecule has 2 aromatic heterocycles. The van der Waals surface area contributed by atoms with E-state index in [2.05, 4.69) is 25.6 Å². The zero-order valence-electron chi connectivity index (χ0n) is 15.7. The van der Waals surface area contributed by atoms with Crippen LogP contribution in [0.2, 0.25) is 5.02 Å². The minimum absolute atomic E-state index is 0. The molecule has 2 N–H and O–H groups in total. The highest BCUT2D eigenvalue weighted by Crippen LogP contribution is 2.32. The van der Waals surface area contributed by atoms with E-state index >= 15 is 0 Å². The minimum atomic E-state index is -4.50. The van der Waals surface area contributed by atoms with Crippen LogP contribution in [0.3, 0.4) is 0 Å². The van der Waals surface area contributed by atoms with Gasteiger partial charge in [-0.15, -0.1) is 24.0 Å². The first-order valence-electron chi connectivity index (χ1n) is 8.67. The molecule has 2 aromatic rings. The Bertz CT molecular complexity index is 778. The molecule has 6 nitrogen and oxygen atoms in total. The molecular formula is C18H22ClF3IN5O. The Morgan fingerprint density at radius 1 is 1.24 bits per heavy atom. The monoisotopic (exact) mass is 543 g/mol. The molecular weight excluding hydrogens is 522 g/mol. The number of nitrogens with one attached hydrogen (secondary N) is 2. The number of guanidine groups is 1. The summed E-state index contributed by atoms with van der Waals surface area (Å²) in [5.74, 6) is 0.557. The van der Waals surface area contributed by atoms with Crippen molar-refractivity contribution in [2.75, 3.05) is 26.2 Å². The fourth-order valence-corrected chi connectivity index (χ4v) is 2.39. The lowest BCUT2D eigenvalue weighted by Gasteiger charge is -2.13. The molecule has 11 heteroatoms. The lowest BCUT2D eigenvalue weighted by Crippen LogP contribution is -2.39. The molecule has 2 rings (SSSR count). The number of aliphatic imine (C=N–C) groups is 1. The Labute approximate surface area is 189 Å². The predicted octanol–water partition coefficient (Wildman–Crippen LogP) is 3.94. The van der Waals surface area contributed by atoms with Gasteiger partial charge >= 0.3 is 6.18 Å². The molecule has 0 radical (unpaired) electrons. The maximum absolute atomic E-state index is 12.6. The first-order valence-corrected chi connectivity index (χ1v) is 9.05. The summed E-state index contributed by atoms with van der Waals surface area (Å²) in [6, 6.07) is 6.51. The van der Waals surface area contributed by atoms with E-state index in [-0.39, 0.29) is 41.5 Å². The molecule has 160 valence electrons. The molecule has 0 aliphatic heterocycles. The third-order valence-electron chi connectivity index (χ3n) is 3.48. The summed E-state index contributed by atoms with van der Waals surface area (Å²) in [7, 11) is 0. The van der Waals surface area contributed by atoms with Crippen molar-refractivity contribution in [1.82, 2.24) is 20.6 Å². The van der Waals surface area contributed by atoms with Crippen LogP contribution in [0.15, 0.2) is 41.7 Å². The van der Waals surface area contributed by atoms with E-state index in [0.29, 0.717) is 38.2 Å². The van der Waals surface area contributed by atoms with Gasteiger partial charge in [0.25, 0.3) is 0 Å². The van der Waals surface area contributed by atoms with Crippen LogP contribution in [0.25, 0.3) is 0 Å². The van der Waals surface area contributed by atoms with E-state index in [1.165, 1.54) is 0 Å². The van der Waals surface area contributed by atoms with Crippen LogP contribution in [0.1, 0.15) is 18.2 Å². The van der Waals surface area contributed by atoms with Crippen molar-refractivity contribution in [2.24, 2.45) is 4.99 Å². The largest absolute Gasteiger partial charge is 0.475 e. The average Bonchev–Trinajstić information content (AvgIpc) is 2.66. The van der Waals surface area contributed by atoms with Gasteiger partial charge in [0.1, 0.15) is 11.6 Å². The van der Waals surface area contributed by atoms with Crippen molar-refractivity contribution in [2.45, 2.75) is 19.5 Å². The summed E-state index contributed by atoms with van der Waals surface area (Å²) in [4.78, 5) is 12.3. The zero-order chi connectivity index (χ0) is 20.4. The molecule has 0 fully saturated rings. The maximum Gasteiger partial charge on any atom is 0.417 e. The van der Waals surface area contributed by atoms with E-state index in [1.54, 1.807) is 6.20 Å². The highest BCUT2D eigenvalue weighted by atomic mass is 127. The molecule has 0 unspecified atom stereocenters. The third-order valence-corrected chi connectivity index (χ3v) is 3.75. The molecule has 0 aliphatic rings. The lowest BCUT2D eigenvalue weighted by molar-refractivity contribution is -0.137. The fraction of sp³-hybridized carbons (Fsp3) is 0.389. The average molecular weight is 544 g/mol. The molecule has 0 spiro atoms. The van der Waals surface area contributed by atoms with Gasteiger partial charge in [-0.05, 0) is 25.1 Å². The Kier molecular flexibility index (Phi) is 11.0. The van der Waals surface area contributed by atoms with Crippen molar-refractivity contribution < 1.29 is 17.9 Å². The van der Waals surface area contributed by atoms with E-state index in [1.807, 2.05) is 25.1 Å². The van der Waals surface area contributed by atoms with Crippen LogP contribution < -0.4 is 15.4 Å².